The largest absolute Gasteiger partial charge is 0.636 e. The van der Waals surface area contributed by atoms with Gasteiger partial charge in [0, 0.05) is 17.9 Å². The molecule has 1 fully saturated rings. The number of carbonyl (C=O) groups excluding carboxylic acids is 2. The van der Waals surface area contributed by atoms with E-state index in [1.54, 1.807) is 31.6 Å². The van der Waals surface area contributed by atoms with Crippen LogP contribution in [0.2, 0.25) is 0 Å². The third kappa shape index (κ3) is 3.04. The van der Waals surface area contributed by atoms with Crippen molar-refractivity contribution in [3.05, 3.63) is 24.5 Å². The minimum absolute atomic E-state index is 0.0662. The highest BCUT2D eigenvalue weighted by atomic mass is 16.6. The molecule has 0 aliphatic carbocycles. The molecule has 0 unspecified atom stereocenters. The van der Waals surface area contributed by atoms with Gasteiger partial charge < -0.3 is 9.31 Å². The van der Waals surface area contributed by atoms with Crippen LogP contribution in [0.1, 0.15) is 0 Å². The Hall–Kier alpha value is -1.89. The van der Waals surface area contributed by atoms with Crippen LogP contribution >= 0.6 is 0 Å². The smallest absolute Gasteiger partial charge is 0.494 e. The van der Waals surface area contributed by atoms with Crippen molar-refractivity contribution in [1.29, 1.82) is 0 Å². The lowest BCUT2D eigenvalue weighted by Gasteiger charge is -2.22. The maximum absolute atomic E-state index is 11.5. The van der Waals surface area contributed by atoms with Gasteiger partial charge in [0.1, 0.15) is 0 Å². The molecule has 1 aliphatic heterocycles. The van der Waals surface area contributed by atoms with E-state index in [-0.39, 0.29) is 13.1 Å². The summed E-state index contributed by atoms with van der Waals surface area (Å²) in [5.41, 5.74) is 0.589. The van der Waals surface area contributed by atoms with Crippen molar-refractivity contribution in [2.75, 3.05) is 20.1 Å². The molecule has 17 heavy (non-hydrogen) atoms. The summed E-state index contributed by atoms with van der Waals surface area (Å²) >= 11 is 0. The lowest BCUT2D eigenvalue weighted by Crippen LogP contribution is -2.47. The number of carbonyl (C=O) groups is 2. The predicted octanol–water partition coefficient (Wildman–Crippen LogP) is -1.19. The van der Waals surface area contributed by atoms with E-state index in [2.05, 4.69) is 4.98 Å². The molecule has 6 nitrogen and oxygen atoms in total. The molecule has 0 amide bonds. The third-order valence-electron chi connectivity index (χ3n) is 2.25. The van der Waals surface area contributed by atoms with E-state index in [9.17, 15) is 9.59 Å². The van der Waals surface area contributed by atoms with Crippen molar-refractivity contribution >= 4 is 24.5 Å². The Balaban J connectivity index is 2.17. The number of rotatable bonds is 1. The second-order valence-corrected chi connectivity index (χ2v) is 3.76. The molecule has 2 heterocycles. The van der Waals surface area contributed by atoms with Gasteiger partial charge in [-0.25, -0.2) is 0 Å². The standard InChI is InChI=1S/C10H11BN2O4/c1-13-6-9(14)16-11(17-10(15)7-13)8-2-4-12-5-3-8/h2-5H,6-7H2,1H3. The van der Waals surface area contributed by atoms with Crippen LogP contribution in [-0.4, -0.2) is 49.1 Å². The number of nitrogens with zero attached hydrogens (tertiary/aromatic N) is 2. The van der Waals surface area contributed by atoms with E-state index in [4.69, 9.17) is 9.31 Å². The monoisotopic (exact) mass is 234 g/mol. The molecule has 1 aliphatic rings. The first-order valence-corrected chi connectivity index (χ1v) is 5.12. The average molecular weight is 234 g/mol. The molecule has 7 heteroatoms. The fourth-order valence-corrected chi connectivity index (χ4v) is 1.49. The van der Waals surface area contributed by atoms with Crippen molar-refractivity contribution in [1.82, 2.24) is 9.88 Å². The molecule has 1 aromatic heterocycles. The van der Waals surface area contributed by atoms with Crippen molar-refractivity contribution < 1.29 is 18.9 Å². The van der Waals surface area contributed by atoms with Gasteiger partial charge in [-0.05, 0) is 19.2 Å². The van der Waals surface area contributed by atoms with Crippen LogP contribution in [0, 0.1) is 0 Å². The first kappa shape index (κ1) is 11.6. The van der Waals surface area contributed by atoms with Gasteiger partial charge in [-0.3, -0.25) is 19.5 Å². The quantitative estimate of drug-likeness (QED) is 0.569. The SMILES string of the molecule is CN1CC(=O)OB(c2ccncc2)OC(=O)C1. The summed E-state index contributed by atoms with van der Waals surface area (Å²) in [6.45, 7) is 0.132. The number of aromatic nitrogens is 1. The third-order valence-corrected chi connectivity index (χ3v) is 2.25. The Morgan fingerprint density at radius 3 is 2.24 bits per heavy atom. The Labute approximate surface area is 98.7 Å². The van der Waals surface area contributed by atoms with Crippen LogP contribution < -0.4 is 5.46 Å². The molecule has 0 aromatic carbocycles. The molecule has 0 bridgehead atoms. The first-order chi connectivity index (χ1) is 8.15. The Morgan fingerprint density at radius 1 is 1.18 bits per heavy atom. The molecular weight excluding hydrogens is 223 g/mol. The summed E-state index contributed by atoms with van der Waals surface area (Å²) in [6.07, 6.45) is 3.09. The molecule has 88 valence electrons. The van der Waals surface area contributed by atoms with Crippen molar-refractivity contribution in [3.8, 4) is 0 Å². The van der Waals surface area contributed by atoms with E-state index < -0.39 is 19.1 Å². The Kier molecular flexibility index (Phi) is 3.39. The van der Waals surface area contributed by atoms with E-state index in [0.717, 1.165) is 0 Å². The summed E-state index contributed by atoms with van der Waals surface area (Å²) in [5, 5.41) is 0. The number of likely N-dealkylation sites (N-methyl/N-ethyl adjacent to an activating group) is 1. The van der Waals surface area contributed by atoms with E-state index in [1.807, 2.05) is 0 Å². The zero-order valence-electron chi connectivity index (χ0n) is 9.33. The first-order valence-electron chi connectivity index (χ1n) is 5.12. The summed E-state index contributed by atoms with van der Waals surface area (Å²) in [6, 6.07) is 3.27. The van der Waals surface area contributed by atoms with Crippen LogP contribution in [-0.2, 0) is 18.9 Å². The van der Waals surface area contributed by atoms with Gasteiger partial charge >= 0.3 is 19.1 Å². The normalized spacial score (nSPS) is 18.1. The van der Waals surface area contributed by atoms with Gasteiger partial charge in [0.15, 0.2) is 0 Å². The topological polar surface area (TPSA) is 68.7 Å². The maximum atomic E-state index is 11.5. The average Bonchev–Trinajstić information content (AvgIpc) is 2.27. The van der Waals surface area contributed by atoms with Crippen LogP contribution in [0.3, 0.4) is 0 Å². The Morgan fingerprint density at radius 2 is 1.71 bits per heavy atom. The van der Waals surface area contributed by atoms with Gasteiger partial charge in [0.2, 0.25) is 0 Å². The van der Waals surface area contributed by atoms with Gasteiger partial charge in [-0.15, -0.1) is 0 Å². The van der Waals surface area contributed by atoms with Gasteiger partial charge in [0.05, 0.1) is 13.1 Å². The predicted molar refractivity (Wildman–Crippen MR) is 59.3 cm³/mol. The molecule has 2 rings (SSSR count). The summed E-state index contributed by atoms with van der Waals surface area (Å²) in [5.74, 6) is -0.858. The fourth-order valence-electron chi connectivity index (χ4n) is 1.49. The van der Waals surface area contributed by atoms with Crippen LogP contribution in [0.25, 0.3) is 0 Å². The van der Waals surface area contributed by atoms with E-state index in [0.29, 0.717) is 5.46 Å². The van der Waals surface area contributed by atoms with Crippen LogP contribution in [0.4, 0.5) is 0 Å². The van der Waals surface area contributed by atoms with Gasteiger partial charge in [-0.1, -0.05) is 0 Å². The molecule has 0 saturated carbocycles. The minimum atomic E-state index is -0.980. The highest BCUT2D eigenvalue weighted by Crippen LogP contribution is 2.00. The lowest BCUT2D eigenvalue weighted by atomic mass is 9.79. The summed E-state index contributed by atoms with van der Waals surface area (Å²) in [7, 11) is 0.668. The van der Waals surface area contributed by atoms with E-state index >= 15 is 0 Å². The zero-order chi connectivity index (χ0) is 12.3. The number of hydrogen-bond acceptors (Lipinski definition) is 6. The van der Waals surface area contributed by atoms with Crippen molar-refractivity contribution in [2.45, 2.75) is 0 Å². The van der Waals surface area contributed by atoms with Gasteiger partial charge in [0.25, 0.3) is 0 Å². The maximum Gasteiger partial charge on any atom is 0.636 e. The molecule has 0 N–H and O–H groups in total. The minimum Gasteiger partial charge on any atom is -0.494 e. The fraction of sp³-hybridized carbons (Fsp3) is 0.300. The second kappa shape index (κ2) is 4.96. The Bertz CT molecular complexity index is 406. The van der Waals surface area contributed by atoms with Crippen LogP contribution in [0.15, 0.2) is 24.5 Å². The molecule has 1 aromatic rings. The van der Waals surface area contributed by atoms with Crippen molar-refractivity contribution in [2.24, 2.45) is 0 Å². The number of pyridine rings is 1. The molecule has 0 spiro atoms. The summed E-state index contributed by atoms with van der Waals surface area (Å²) in [4.78, 5) is 28.3. The molecule has 0 atom stereocenters. The zero-order valence-corrected chi connectivity index (χ0v) is 9.33. The molecular formula is C10H11BN2O4. The highest BCUT2D eigenvalue weighted by molar-refractivity contribution is 6.64. The summed E-state index contributed by atoms with van der Waals surface area (Å²) < 4.78 is 10.1. The molecule has 0 radical (unpaired) electrons. The van der Waals surface area contributed by atoms with Crippen molar-refractivity contribution in [3.63, 3.8) is 0 Å². The molecule has 1 saturated heterocycles. The highest BCUT2D eigenvalue weighted by Gasteiger charge is 2.33. The van der Waals surface area contributed by atoms with E-state index in [1.165, 1.54) is 4.90 Å². The lowest BCUT2D eigenvalue weighted by molar-refractivity contribution is -0.145. The van der Waals surface area contributed by atoms with Crippen LogP contribution in [0.5, 0.6) is 0 Å². The number of hydrogen-bond donors (Lipinski definition) is 0. The second-order valence-electron chi connectivity index (χ2n) is 3.76. The van der Waals surface area contributed by atoms with Gasteiger partial charge in [-0.2, -0.15) is 0 Å².